The van der Waals surface area contributed by atoms with Gasteiger partial charge >= 0.3 is 0 Å². The molecule has 2 aliphatic rings. The van der Waals surface area contributed by atoms with Crippen LogP contribution in [0, 0.1) is 6.92 Å². The van der Waals surface area contributed by atoms with Gasteiger partial charge in [-0.25, -0.2) is 22.0 Å². The van der Waals surface area contributed by atoms with Crippen LogP contribution in [0.15, 0.2) is 51.4 Å². The minimum atomic E-state index is -3.97. The SMILES string of the molecule is CC1=C2C=CCC1(C)N2S(=O)(=O)c1cc(S(N)(=O)=O)ccc1C. The van der Waals surface area contributed by atoms with E-state index in [2.05, 4.69) is 0 Å². The average molecular weight is 354 g/mol. The number of allylic oxidation sites excluding steroid dienone is 1. The first kappa shape index (κ1) is 16.2. The summed E-state index contributed by atoms with van der Waals surface area (Å²) >= 11 is 0. The smallest absolute Gasteiger partial charge is 0.256 e. The van der Waals surface area contributed by atoms with Gasteiger partial charge in [-0.3, -0.25) is 4.31 Å². The van der Waals surface area contributed by atoms with Gasteiger partial charge in [0.25, 0.3) is 10.0 Å². The van der Waals surface area contributed by atoms with Crippen LogP contribution in [0.4, 0.5) is 0 Å². The van der Waals surface area contributed by atoms with Gasteiger partial charge in [0, 0.05) is 0 Å². The van der Waals surface area contributed by atoms with E-state index in [1.165, 1.54) is 16.4 Å². The molecule has 3 rings (SSSR count). The Morgan fingerprint density at radius 3 is 2.35 bits per heavy atom. The molecular formula is C15H18N2O4S2. The monoisotopic (exact) mass is 354 g/mol. The number of rotatable bonds is 3. The van der Waals surface area contributed by atoms with Crippen molar-refractivity contribution in [3.05, 3.63) is 47.2 Å². The van der Waals surface area contributed by atoms with Crippen molar-refractivity contribution in [3.8, 4) is 0 Å². The van der Waals surface area contributed by atoms with Crippen molar-refractivity contribution < 1.29 is 16.8 Å². The van der Waals surface area contributed by atoms with Crippen molar-refractivity contribution in [2.75, 3.05) is 0 Å². The first-order valence-corrected chi connectivity index (χ1v) is 10.0. The standard InChI is InChI=1S/C15H18N2O4S2/c1-10-6-7-12(22(16,18)19)9-14(10)23(20,21)17-13-5-4-8-15(17,3)11(13)2/h4-7,9H,8H2,1-3H3,(H2,16,18,19). The van der Waals surface area contributed by atoms with E-state index in [0.717, 1.165) is 11.6 Å². The van der Waals surface area contributed by atoms with E-state index in [9.17, 15) is 16.8 Å². The first-order chi connectivity index (χ1) is 10.5. The normalized spacial score (nSPS) is 23.9. The summed E-state index contributed by atoms with van der Waals surface area (Å²) in [5, 5.41) is 5.12. The fraction of sp³-hybridized carbons (Fsp3) is 0.333. The molecule has 2 N–H and O–H groups in total. The van der Waals surface area contributed by atoms with E-state index >= 15 is 0 Å². The Balaban J connectivity index is 2.18. The second-order valence-corrected chi connectivity index (χ2v) is 9.45. The Hall–Kier alpha value is -1.64. The molecule has 1 aliphatic heterocycles. The number of aryl methyl sites for hydroxylation is 1. The van der Waals surface area contributed by atoms with Crippen LogP contribution >= 0.6 is 0 Å². The second kappa shape index (κ2) is 4.68. The molecule has 0 saturated carbocycles. The highest BCUT2D eigenvalue weighted by atomic mass is 32.2. The lowest BCUT2D eigenvalue weighted by atomic mass is 9.77. The van der Waals surface area contributed by atoms with E-state index in [-0.39, 0.29) is 9.79 Å². The van der Waals surface area contributed by atoms with Crippen molar-refractivity contribution in [1.29, 1.82) is 0 Å². The second-order valence-electron chi connectivity index (χ2n) is 6.13. The first-order valence-electron chi connectivity index (χ1n) is 7.06. The molecule has 6 nitrogen and oxygen atoms in total. The summed E-state index contributed by atoms with van der Waals surface area (Å²) in [4.78, 5) is -0.241. The fourth-order valence-corrected chi connectivity index (χ4v) is 5.91. The summed E-state index contributed by atoms with van der Waals surface area (Å²) in [5.74, 6) is 0. The number of sulfonamides is 2. The van der Waals surface area contributed by atoms with Gasteiger partial charge in [0.05, 0.1) is 21.0 Å². The molecule has 0 saturated heterocycles. The topological polar surface area (TPSA) is 97.5 Å². The van der Waals surface area contributed by atoms with Gasteiger partial charge in [0.15, 0.2) is 0 Å². The van der Waals surface area contributed by atoms with E-state index in [1.54, 1.807) is 13.0 Å². The molecule has 1 aliphatic carbocycles. The van der Waals surface area contributed by atoms with E-state index in [1.807, 2.05) is 19.9 Å². The molecule has 1 unspecified atom stereocenters. The van der Waals surface area contributed by atoms with E-state index in [0.29, 0.717) is 17.7 Å². The molecule has 0 spiro atoms. The Bertz CT molecular complexity index is 975. The van der Waals surface area contributed by atoms with Crippen LogP contribution in [-0.4, -0.2) is 26.7 Å². The quantitative estimate of drug-likeness (QED) is 0.892. The molecule has 0 aromatic heterocycles. The molecule has 124 valence electrons. The number of nitrogens with zero attached hydrogens (tertiary/aromatic N) is 1. The molecule has 1 aromatic rings. The van der Waals surface area contributed by atoms with Crippen LogP contribution in [-0.2, 0) is 20.0 Å². The predicted molar refractivity (Wildman–Crippen MR) is 86.4 cm³/mol. The van der Waals surface area contributed by atoms with Gasteiger partial charge in [-0.2, -0.15) is 0 Å². The van der Waals surface area contributed by atoms with Crippen LogP contribution in [0.3, 0.4) is 0 Å². The maximum Gasteiger partial charge on any atom is 0.265 e. The number of nitrogens with two attached hydrogens (primary N) is 1. The van der Waals surface area contributed by atoms with Crippen LogP contribution in [0.2, 0.25) is 0 Å². The maximum atomic E-state index is 13.1. The molecule has 0 fully saturated rings. The molecule has 2 bridgehead atoms. The molecule has 23 heavy (non-hydrogen) atoms. The number of primary sulfonamides is 1. The molecule has 0 amide bonds. The van der Waals surface area contributed by atoms with E-state index < -0.39 is 25.6 Å². The molecular weight excluding hydrogens is 336 g/mol. The summed E-state index contributed by atoms with van der Waals surface area (Å²) in [6.07, 6.45) is 4.33. The predicted octanol–water partition coefficient (Wildman–Crippen LogP) is 1.64. The number of benzene rings is 1. The highest BCUT2D eigenvalue weighted by Gasteiger charge is 2.52. The zero-order chi connectivity index (χ0) is 17.2. The summed E-state index contributed by atoms with van der Waals surface area (Å²) < 4.78 is 50.7. The number of fused-ring (bicyclic) bond motifs is 1. The summed E-state index contributed by atoms with van der Waals surface area (Å²) in [5.41, 5.74) is 1.56. The minimum Gasteiger partial charge on any atom is -0.256 e. The molecule has 0 radical (unpaired) electrons. The molecule has 1 heterocycles. The summed E-state index contributed by atoms with van der Waals surface area (Å²) in [6.45, 7) is 5.42. The Morgan fingerprint density at radius 2 is 1.83 bits per heavy atom. The summed E-state index contributed by atoms with van der Waals surface area (Å²) in [6, 6.07) is 3.91. The van der Waals surface area contributed by atoms with Gasteiger partial charge in [0.1, 0.15) is 0 Å². The Morgan fingerprint density at radius 1 is 1.17 bits per heavy atom. The third-order valence-corrected chi connectivity index (χ3v) is 7.64. The number of hydrogen-bond donors (Lipinski definition) is 1. The minimum absolute atomic E-state index is 0.0319. The van der Waals surface area contributed by atoms with Crippen LogP contribution in [0.5, 0.6) is 0 Å². The third-order valence-electron chi connectivity index (χ3n) is 4.66. The van der Waals surface area contributed by atoms with Crippen LogP contribution < -0.4 is 5.14 Å². The maximum absolute atomic E-state index is 13.1. The number of hydrogen-bond acceptors (Lipinski definition) is 4. The zero-order valence-electron chi connectivity index (χ0n) is 13.1. The molecule has 1 aromatic carbocycles. The highest BCUT2D eigenvalue weighted by Crippen LogP contribution is 2.50. The largest absolute Gasteiger partial charge is 0.265 e. The summed E-state index contributed by atoms with van der Waals surface area (Å²) in [7, 11) is -7.83. The van der Waals surface area contributed by atoms with Gasteiger partial charge in [0.2, 0.25) is 10.0 Å². The average Bonchev–Trinajstić information content (AvgIpc) is 2.44. The Labute approximate surface area is 136 Å². The fourth-order valence-electron chi connectivity index (χ4n) is 3.15. The van der Waals surface area contributed by atoms with Crippen LogP contribution in [0.1, 0.15) is 25.8 Å². The van der Waals surface area contributed by atoms with Gasteiger partial charge in [-0.05, 0) is 56.5 Å². The van der Waals surface area contributed by atoms with Crippen molar-refractivity contribution in [3.63, 3.8) is 0 Å². The van der Waals surface area contributed by atoms with E-state index in [4.69, 9.17) is 5.14 Å². The van der Waals surface area contributed by atoms with Crippen molar-refractivity contribution in [2.45, 2.75) is 42.5 Å². The lowest BCUT2D eigenvalue weighted by molar-refractivity contribution is 0.232. The molecule has 8 heteroatoms. The van der Waals surface area contributed by atoms with Crippen molar-refractivity contribution >= 4 is 20.0 Å². The van der Waals surface area contributed by atoms with Gasteiger partial charge in [-0.15, -0.1) is 0 Å². The lowest BCUT2D eigenvalue weighted by Crippen LogP contribution is -2.59. The Kier molecular flexibility index (Phi) is 3.30. The van der Waals surface area contributed by atoms with Crippen LogP contribution in [0.25, 0.3) is 0 Å². The van der Waals surface area contributed by atoms with Crippen molar-refractivity contribution in [2.24, 2.45) is 5.14 Å². The highest BCUT2D eigenvalue weighted by molar-refractivity contribution is 7.90. The van der Waals surface area contributed by atoms with Gasteiger partial charge in [-0.1, -0.05) is 12.1 Å². The van der Waals surface area contributed by atoms with Gasteiger partial charge < -0.3 is 0 Å². The zero-order valence-corrected chi connectivity index (χ0v) is 14.7. The third kappa shape index (κ3) is 2.16. The van der Waals surface area contributed by atoms with Crippen molar-refractivity contribution in [1.82, 2.24) is 4.31 Å². The molecule has 1 atom stereocenters. The lowest BCUT2D eigenvalue weighted by Gasteiger charge is -2.54.